The van der Waals surface area contributed by atoms with E-state index in [0.717, 1.165) is 0 Å². The van der Waals surface area contributed by atoms with Crippen LogP contribution in [0.5, 0.6) is 11.5 Å². The Morgan fingerprint density at radius 3 is 2.06 bits per heavy atom. The largest absolute Gasteiger partial charge is 0.494 e. The molecule has 0 saturated carbocycles. The molecule has 1 aromatic carbocycles. The van der Waals surface area contributed by atoms with E-state index in [4.69, 9.17) is 9.47 Å². The van der Waals surface area contributed by atoms with Crippen molar-refractivity contribution < 1.29 is 14.3 Å². The number of rotatable bonds is 7. The Bertz CT molecular complexity index is 353. The number of alkyl halides is 1. The van der Waals surface area contributed by atoms with Gasteiger partial charge >= 0.3 is 0 Å². The summed E-state index contributed by atoms with van der Waals surface area (Å²) in [6, 6.07) is 5.33. The average Bonchev–Trinajstić information content (AvgIpc) is 2.30. The standard InChI is InChI=1S/C13H17BrO3/c1-3-16-11-7-10(13(15)5-6-14)8-12(9-11)17-4-2/h7-9H,3-6H2,1-2H3. The van der Waals surface area contributed by atoms with Gasteiger partial charge in [0, 0.05) is 23.4 Å². The monoisotopic (exact) mass is 300 g/mol. The van der Waals surface area contributed by atoms with Gasteiger partial charge in [-0.1, -0.05) is 15.9 Å². The summed E-state index contributed by atoms with van der Waals surface area (Å²) < 4.78 is 10.8. The second-order valence-corrected chi connectivity index (χ2v) is 4.21. The number of halogens is 1. The predicted molar refractivity (Wildman–Crippen MR) is 71.5 cm³/mol. The summed E-state index contributed by atoms with van der Waals surface area (Å²) in [4.78, 5) is 11.8. The lowest BCUT2D eigenvalue weighted by Gasteiger charge is -2.09. The Labute approximate surface area is 110 Å². The zero-order valence-electron chi connectivity index (χ0n) is 10.2. The van der Waals surface area contributed by atoms with Gasteiger partial charge in [0.15, 0.2) is 5.78 Å². The smallest absolute Gasteiger partial charge is 0.163 e. The molecule has 0 amide bonds. The summed E-state index contributed by atoms with van der Waals surface area (Å²) in [5, 5.41) is 0.661. The van der Waals surface area contributed by atoms with Crippen molar-refractivity contribution in [1.82, 2.24) is 0 Å². The van der Waals surface area contributed by atoms with E-state index < -0.39 is 0 Å². The number of Topliss-reactive ketones (excluding diaryl/α,β-unsaturated/α-hetero) is 1. The number of ether oxygens (including phenoxy) is 2. The summed E-state index contributed by atoms with van der Waals surface area (Å²) in [6.45, 7) is 4.96. The highest BCUT2D eigenvalue weighted by Gasteiger charge is 2.09. The van der Waals surface area contributed by atoms with Crippen molar-refractivity contribution in [3.8, 4) is 11.5 Å². The van der Waals surface area contributed by atoms with Crippen LogP contribution >= 0.6 is 15.9 Å². The minimum Gasteiger partial charge on any atom is -0.494 e. The fourth-order valence-corrected chi connectivity index (χ4v) is 1.82. The molecule has 3 nitrogen and oxygen atoms in total. The van der Waals surface area contributed by atoms with E-state index in [1.165, 1.54) is 0 Å². The second-order valence-electron chi connectivity index (χ2n) is 3.42. The van der Waals surface area contributed by atoms with Crippen LogP contribution in [0.1, 0.15) is 30.6 Å². The summed E-state index contributed by atoms with van der Waals surface area (Å²) in [7, 11) is 0. The summed E-state index contributed by atoms with van der Waals surface area (Å²) in [5.41, 5.74) is 0.638. The SMILES string of the molecule is CCOc1cc(OCC)cc(C(=O)CCBr)c1. The second kappa shape index (κ2) is 7.33. The number of hydrogen-bond acceptors (Lipinski definition) is 3. The van der Waals surface area contributed by atoms with Crippen molar-refractivity contribution in [2.24, 2.45) is 0 Å². The maximum Gasteiger partial charge on any atom is 0.163 e. The third-order valence-electron chi connectivity index (χ3n) is 2.15. The highest BCUT2D eigenvalue weighted by atomic mass is 79.9. The molecule has 0 bridgehead atoms. The van der Waals surface area contributed by atoms with E-state index in [1.807, 2.05) is 13.8 Å². The van der Waals surface area contributed by atoms with E-state index in [1.54, 1.807) is 18.2 Å². The van der Waals surface area contributed by atoms with E-state index in [0.29, 0.717) is 42.0 Å². The van der Waals surface area contributed by atoms with Gasteiger partial charge in [0.1, 0.15) is 11.5 Å². The molecule has 0 fully saturated rings. The topological polar surface area (TPSA) is 35.5 Å². The first-order valence-corrected chi connectivity index (χ1v) is 6.83. The number of benzene rings is 1. The first kappa shape index (κ1) is 14.0. The molecule has 0 unspecified atom stereocenters. The van der Waals surface area contributed by atoms with Crippen molar-refractivity contribution in [2.75, 3.05) is 18.5 Å². The molecule has 17 heavy (non-hydrogen) atoms. The first-order chi connectivity index (χ1) is 8.21. The van der Waals surface area contributed by atoms with Crippen LogP contribution in [-0.4, -0.2) is 24.3 Å². The van der Waals surface area contributed by atoms with Crippen LogP contribution in [0.15, 0.2) is 18.2 Å². The molecule has 0 spiro atoms. The Hall–Kier alpha value is -1.03. The van der Waals surface area contributed by atoms with E-state index in [2.05, 4.69) is 15.9 Å². The van der Waals surface area contributed by atoms with E-state index >= 15 is 0 Å². The summed E-state index contributed by atoms with van der Waals surface area (Å²) >= 11 is 3.26. The van der Waals surface area contributed by atoms with Gasteiger partial charge in [0.2, 0.25) is 0 Å². The fourth-order valence-electron chi connectivity index (χ4n) is 1.46. The van der Waals surface area contributed by atoms with Gasteiger partial charge < -0.3 is 9.47 Å². The molecule has 0 heterocycles. The molecule has 0 atom stereocenters. The Morgan fingerprint density at radius 1 is 1.12 bits per heavy atom. The fraction of sp³-hybridized carbons (Fsp3) is 0.462. The molecule has 0 saturated heterocycles. The normalized spacial score (nSPS) is 10.1. The van der Waals surface area contributed by atoms with Gasteiger partial charge in [-0.15, -0.1) is 0 Å². The van der Waals surface area contributed by atoms with Crippen molar-refractivity contribution >= 4 is 21.7 Å². The predicted octanol–water partition coefficient (Wildman–Crippen LogP) is 3.45. The molecule has 0 aliphatic carbocycles. The third-order valence-corrected chi connectivity index (χ3v) is 2.54. The molecular weight excluding hydrogens is 284 g/mol. The van der Waals surface area contributed by atoms with Crippen LogP contribution in [-0.2, 0) is 0 Å². The van der Waals surface area contributed by atoms with E-state index in [-0.39, 0.29) is 5.78 Å². The van der Waals surface area contributed by atoms with Crippen molar-refractivity contribution in [2.45, 2.75) is 20.3 Å². The quantitative estimate of drug-likeness (QED) is 0.571. The molecule has 0 radical (unpaired) electrons. The van der Waals surface area contributed by atoms with Crippen LogP contribution in [0, 0.1) is 0 Å². The molecular formula is C13H17BrO3. The molecule has 4 heteroatoms. The van der Waals surface area contributed by atoms with Gasteiger partial charge in [-0.3, -0.25) is 4.79 Å². The molecule has 0 aromatic heterocycles. The summed E-state index contributed by atoms with van der Waals surface area (Å²) in [6.07, 6.45) is 0.473. The third kappa shape index (κ3) is 4.38. The molecule has 0 aliphatic rings. The van der Waals surface area contributed by atoms with Gasteiger partial charge in [0.25, 0.3) is 0 Å². The minimum atomic E-state index is 0.0874. The van der Waals surface area contributed by atoms with Crippen molar-refractivity contribution in [3.05, 3.63) is 23.8 Å². The lowest BCUT2D eigenvalue weighted by molar-refractivity contribution is 0.0989. The molecule has 94 valence electrons. The molecule has 1 rings (SSSR count). The Kier molecular flexibility index (Phi) is 6.05. The minimum absolute atomic E-state index is 0.0874. The summed E-state index contributed by atoms with van der Waals surface area (Å²) in [5.74, 6) is 1.44. The zero-order valence-corrected chi connectivity index (χ0v) is 11.7. The van der Waals surface area contributed by atoms with E-state index in [9.17, 15) is 4.79 Å². The Morgan fingerprint density at radius 2 is 1.65 bits per heavy atom. The van der Waals surface area contributed by atoms with Gasteiger partial charge in [-0.2, -0.15) is 0 Å². The number of ketones is 1. The average molecular weight is 301 g/mol. The van der Waals surface area contributed by atoms with Crippen molar-refractivity contribution in [1.29, 1.82) is 0 Å². The lowest BCUT2D eigenvalue weighted by Crippen LogP contribution is -2.02. The highest BCUT2D eigenvalue weighted by Crippen LogP contribution is 2.24. The molecule has 0 aliphatic heterocycles. The highest BCUT2D eigenvalue weighted by molar-refractivity contribution is 9.09. The van der Waals surface area contributed by atoms with Crippen molar-refractivity contribution in [3.63, 3.8) is 0 Å². The maximum atomic E-state index is 11.8. The van der Waals surface area contributed by atoms with Crippen LogP contribution in [0.4, 0.5) is 0 Å². The van der Waals surface area contributed by atoms with Crippen LogP contribution in [0.2, 0.25) is 0 Å². The zero-order chi connectivity index (χ0) is 12.7. The number of carbonyl (C=O) groups is 1. The van der Waals surface area contributed by atoms with Crippen LogP contribution < -0.4 is 9.47 Å². The molecule has 1 aromatic rings. The van der Waals surface area contributed by atoms with Gasteiger partial charge in [-0.05, 0) is 26.0 Å². The Balaban J connectivity index is 2.98. The van der Waals surface area contributed by atoms with Gasteiger partial charge in [0.05, 0.1) is 13.2 Å². The number of carbonyl (C=O) groups excluding carboxylic acids is 1. The lowest BCUT2D eigenvalue weighted by atomic mass is 10.1. The first-order valence-electron chi connectivity index (χ1n) is 5.71. The van der Waals surface area contributed by atoms with Crippen LogP contribution in [0.3, 0.4) is 0 Å². The maximum absolute atomic E-state index is 11.8. The number of hydrogen-bond donors (Lipinski definition) is 0. The molecule has 0 N–H and O–H groups in total. The van der Waals surface area contributed by atoms with Crippen LogP contribution in [0.25, 0.3) is 0 Å². The van der Waals surface area contributed by atoms with Gasteiger partial charge in [-0.25, -0.2) is 0 Å².